The van der Waals surface area contributed by atoms with Crippen LogP contribution in [-0.4, -0.2) is 89.6 Å². The standard InChI is InChI=1S/C32H35F2N9O7/c1-15(11-20-13-38-28-25(40-20)27(36)41-31(37)42-28)17-3-5-18(6-4-17)21(44)12-19(29(47)48)7-8-24(45)49-14-22-26(46)32(33,34)30(50-22)43-10-9-23(35)39-16(43)2/h3-6,9-10,13,15,19,22,26,30,46H,2,7-8,11-12,14H2,1H3,(H2,35,39)(H,47,48)(H4,36,37,38,41,42)/t15?,19?,22?,26-,30?/m0/s1. The number of ketones is 1. The first-order valence-electron chi connectivity index (χ1n) is 15.4. The highest BCUT2D eigenvalue weighted by atomic mass is 19.3. The highest BCUT2D eigenvalue weighted by molar-refractivity contribution is 5.98. The van der Waals surface area contributed by atoms with Crippen LogP contribution in [0.15, 0.2) is 60.1 Å². The summed E-state index contributed by atoms with van der Waals surface area (Å²) in [6.45, 7) is 4.79. The van der Waals surface area contributed by atoms with Crippen molar-refractivity contribution in [2.24, 2.45) is 16.6 Å². The van der Waals surface area contributed by atoms with Crippen LogP contribution in [0.2, 0.25) is 0 Å². The molecule has 2 aromatic heterocycles. The monoisotopic (exact) mass is 695 g/mol. The molecule has 2 aliphatic rings. The number of carboxylic acids is 1. The minimum atomic E-state index is -3.79. The molecular weight excluding hydrogens is 660 g/mol. The third-order valence-corrected chi connectivity index (χ3v) is 8.30. The number of fused-ring (bicyclic) bond motifs is 1. The quantitative estimate of drug-likeness (QED) is 0.126. The normalized spacial score (nSPS) is 21.1. The Morgan fingerprint density at radius 1 is 1.14 bits per heavy atom. The first-order chi connectivity index (χ1) is 23.6. The second kappa shape index (κ2) is 14.5. The summed E-state index contributed by atoms with van der Waals surface area (Å²) in [5, 5.41) is 19.9. The lowest BCUT2D eigenvalue weighted by Gasteiger charge is -2.31. The summed E-state index contributed by atoms with van der Waals surface area (Å²) in [5.41, 5.74) is 19.5. The number of hydrogen-bond acceptors (Lipinski definition) is 15. The molecule has 0 amide bonds. The number of aliphatic carboxylic acids is 1. The van der Waals surface area contributed by atoms with Gasteiger partial charge in [-0.1, -0.05) is 37.8 Å². The number of aliphatic imine (C=N–C) groups is 1. The number of nitrogen functional groups attached to an aromatic ring is 2. The number of anilines is 2. The Kier molecular flexibility index (Phi) is 10.3. The first kappa shape index (κ1) is 35.7. The van der Waals surface area contributed by atoms with Gasteiger partial charge in [-0.05, 0) is 30.4 Å². The first-order valence-corrected chi connectivity index (χ1v) is 15.4. The average Bonchev–Trinajstić information content (AvgIpc) is 3.29. The van der Waals surface area contributed by atoms with Gasteiger partial charge in [-0.3, -0.25) is 14.4 Å². The maximum absolute atomic E-state index is 14.8. The van der Waals surface area contributed by atoms with Gasteiger partial charge in [0.1, 0.15) is 24.4 Å². The SMILES string of the molecule is C=C1N=C(N)C=CN1C1OC(COC(=O)CCC(CC(=O)c2ccc(C(C)Cc3cnc4nc(N)nc(N)c4n3)cc2)C(=O)O)[C@H](O)C1(F)F. The van der Waals surface area contributed by atoms with Crippen molar-refractivity contribution in [2.45, 2.75) is 62.9 Å². The lowest BCUT2D eigenvalue weighted by Crippen LogP contribution is -2.47. The van der Waals surface area contributed by atoms with E-state index in [-0.39, 0.29) is 47.0 Å². The van der Waals surface area contributed by atoms with Gasteiger partial charge in [0.05, 0.1) is 17.8 Å². The lowest BCUT2D eigenvalue weighted by atomic mass is 9.91. The van der Waals surface area contributed by atoms with Crippen molar-refractivity contribution in [3.63, 3.8) is 0 Å². The van der Waals surface area contributed by atoms with Gasteiger partial charge >= 0.3 is 17.9 Å². The number of benzene rings is 1. The van der Waals surface area contributed by atoms with Crippen molar-refractivity contribution in [3.8, 4) is 0 Å². The summed E-state index contributed by atoms with van der Waals surface area (Å²) in [4.78, 5) is 58.7. The molecule has 5 rings (SSSR count). The number of ether oxygens (including phenoxy) is 2. The fourth-order valence-electron chi connectivity index (χ4n) is 5.51. The van der Waals surface area contributed by atoms with Crippen LogP contribution in [0.1, 0.15) is 53.7 Å². The molecule has 0 spiro atoms. The molecule has 16 nitrogen and oxygen atoms in total. The van der Waals surface area contributed by atoms with Crippen LogP contribution >= 0.6 is 0 Å². The Balaban J connectivity index is 1.11. The highest BCUT2D eigenvalue weighted by Crippen LogP contribution is 2.40. The number of esters is 1. The fraction of sp³-hybridized carbons (Fsp3) is 0.375. The van der Waals surface area contributed by atoms with Crippen LogP contribution in [0.25, 0.3) is 11.2 Å². The lowest BCUT2D eigenvalue weighted by molar-refractivity contribution is -0.153. The molecule has 8 N–H and O–H groups in total. The van der Waals surface area contributed by atoms with E-state index < -0.39 is 67.4 Å². The molecule has 50 heavy (non-hydrogen) atoms. The number of rotatable bonds is 13. The van der Waals surface area contributed by atoms with Gasteiger partial charge in [-0.15, -0.1) is 0 Å². The predicted octanol–water partition coefficient (Wildman–Crippen LogP) is 1.91. The molecule has 4 heterocycles. The van der Waals surface area contributed by atoms with Crippen molar-refractivity contribution in [1.29, 1.82) is 0 Å². The number of nitrogens with zero attached hydrogens (tertiary/aromatic N) is 6. The van der Waals surface area contributed by atoms with Crippen molar-refractivity contribution in [3.05, 3.63) is 72.0 Å². The summed E-state index contributed by atoms with van der Waals surface area (Å²) in [6, 6.07) is 6.69. The van der Waals surface area contributed by atoms with Gasteiger partial charge in [-0.2, -0.15) is 18.7 Å². The summed E-state index contributed by atoms with van der Waals surface area (Å²) in [5.74, 6) is -7.69. The molecule has 1 fully saturated rings. The van der Waals surface area contributed by atoms with E-state index in [1.165, 1.54) is 12.3 Å². The van der Waals surface area contributed by atoms with E-state index in [0.29, 0.717) is 17.6 Å². The molecule has 5 atom stereocenters. The summed E-state index contributed by atoms with van der Waals surface area (Å²) in [7, 11) is 0. The summed E-state index contributed by atoms with van der Waals surface area (Å²) >= 11 is 0. The Morgan fingerprint density at radius 3 is 2.54 bits per heavy atom. The zero-order valence-electron chi connectivity index (χ0n) is 26.8. The molecule has 264 valence electrons. The van der Waals surface area contributed by atoms with Crippen molar-refractivity contribution in [2.75, 3.05) is 18.1 Å². The molecule has 0 bridgehead atoms. The van der Waals surface area contributed by atoms with Crippen LogP contribution in [0.5, 0.6) is 0 Å². The maximum Gasteiger partial charge on any atom is 0.320 e. The minimum Gasteiger partial charge on any atom is -0.481 e. The number of alkyl halides is 2. The van der Waals surface area contributed by atoms with E-state index in [9.17, 15) is 33.4 Å². The molecule has 0 aliphatic carbocycles. The zero-order valence-corrected chi connectivity index (χ0v) is 26.8. The molecule has 1 saturated heterocycles. The number of carbonyl (C=O) groups excluding carboxylic acids is 2. The number of amidine groups is 1. The number of aliphatic hydroxyl groups excluding tert-OH is 1. The minimum absolute atomic E-state index is 0.00302. The van der Waals surface area contributed by atoms with E-state index in [1.54, 1.807) is 30.5 Å². The topological polar surface area (TPSA) is 255 Å². The maximum atomic E-state index is 14.8. The summed E-state index contributed by atoms with van der Waals surface area (Å²) in [6.07, 6.45) is -2.49. The molecule has 0 saturated carbocycles. The third-order valence-electron chi connectivity index (χ3n) is 8.30. The smallest absolute Gasteiger partial charge is 0.320 e. The molecule has 0 radical (unpaired) electrons. The Hall–Kier alpha value is -5.62. The van der Waals surface area contributed by atoms with Crippen molar-refractivity contribution in [1.82, 2.24) is 24.8 Å². The Bertz CT molecular complexity index is 1870. The second-order valence-electron chi connectivity index (χ2n) is 11.9. The number of aliphatic hydroxyl groups is 1. The number of Topliss-reactive ketones (excluding diaryl/α,β-unsaturated/α-hetero) is 1. The van der Waals surface area contributed by atoms with Crippen LogP contribution in [0.3, 0.4) is 0 Å². The fourth-order valence-corrected chi connectivity index (χ4v) is 5.51. The number of hydrogen-bond donors (Lipinski definition) is 5. The highest BCUT2D eigenvalue weighted by Gasteiger charge is 2.61. The van der Waals surface area contributed by atoms with E-state index in [4.69, 9.17) is 26.7 Å². The zero-order chi connectivity index (χ0) is 36.3. The molecular formula is C32H35F2N9O7. The predicted molar refractivity (Wildman–Crippen MR) is 174 cm³/mol. The Morgan fingerprint density at radius 2 is 1.86 bits per heavy atom. The number of carbonyl (C=O) groups is 3. The van der Waals surface area contributed by atoms with E-state index in [1.807, 2.05) is 6.92 Å². The van der Waals surface area contributed by atoms with Gasteiger partial charge in [0.25, 0.3) is 0 Å². The molecule has 18 heteroatoms. The number of halogens is 2. The number of nitrogens with two attached hydrogens (primary N) is 3. The molecule has 4 unspecified atom stereocenters. The second-order valence-corrected chi connectivity index (χ2v) is 11.9. The van der Waals surface area contributed by atoms with Gasteiger partial charge in [0.2, 0.25) is 12.2 Å². The van der Waals surface area contributed by atoms with Crippen LogP contribution in [-0.2, 0) is 25.5 Å². The largest absolute Gasteiger partial charge is 0.481 e. The Labute approximate surface area is 283 Å². The van der Waals surface area contributed by atoms with Crippen LogP contribution in [0, 0.1) is 5.92 Å². The van der Waals surface area contributed by atoms with Gasteiger partial charge in [0, 0.05) is 24.6 Å². The van der Waals surface area contributed by atoms with Crippen molar-refractivity contribution >= 4 is 46.5 Å². The molecule has 3 aromatic rings. The number of carboxylic acid groups (broad SMARTS) is 1. The van der Waals surface area contributed by atoms with Gasteiger partial charge in [0.15, 0.2) is 28.9 Å². The van der Waals surface area contributed by atoms with Crippen LogP contribution < -0.4 is 17.2 Å². The average molecular weight is 696 g/mol. The molecule has 1 aromatic carbocycles. The van der Waals surface area contributed by atoms with E-state index in [0.717, 1.165) is 10.5 Å². The van der Waals surface area contributed by atoms with E-state index in [2.05, 4.69) is 31.5 Å². The van der Waals surface area contributed by atoms with Crippen LogP contribution in [0.4, 0.5) is 20.5 Å². The van der Waals surface area contributed by atoms with E-state index >= 15 is 0 Å². The van der Waals surface area contributed by atoms with Gasteiger partial charge in [-0.25, -0.2) is 15.0 Å². The third kappa shape index (κ3) is 7.81. The van der Waals surface area contributed by atoms with Crippen molar-refractivity contribution < 1.29 is 42.9 Å². The van der Waals surface area contributed by atoms with Gasteiger partial charge < -0.3 is 41.8 Å². The number of aromatic nitrogens is 4. The molecule has 2 aliphatic heterocycles. The summed E-state index contributed by atoms with van der Waals surface area (Å²) < 4.78 is 40.0.